The van der Waals surface area contributed by atoms with Crippen molar-refractivity contribution in [1.29, 1.82) is 0 Å². The molecule has 1 aromatic carbocycles. The molecule has 4 nitrogen and oxygen atoms in total. The van der Waals surface area contributed by atoms with Gasteiger partial charge < -0.3 is 28.1 Å². The van der Waals surface area contributed by atoms with Crippen LogP contribution in [0.4, 0.5) is 5.69 Å². The Balaban J connectivity index is 0.00000289. The highest BCUT2D eigenvalue weighted by atomic mass is 35.5. The molecule has 0 aliphatic carbocycles. The summed E-state index contributed by atoms with van der Waals surface area (Å²) in [6, 6.07) is 5.92. The number of nitrogens with two attached hydrogens (primary N) is 1. The van der Waals surface area contributed by atoms with Gasteiger partial charge in [0, 0.05) is 5.69 Å². The first-order valence-corrected chi connectivity index (χ1v) is 5.86. The van der Waals surface area contributed by atoms with Crippen molar-refractivity contribution in [2.24, 2.45) is 0 Å². The molecule has 0 aliphatic heterocycles. The number of amides is 1. The third kappa shape index (κ3) is 5.49. The molecule has 18 heavy (non-hydrogen) atoms. The van der Waals surface area contributed by atoms with Crippen LogP contribution in [-0.2, 0) is 4.79 Å². The molecule has 1 unspecified atom stereocenters. The molecule has 0 radical (unpaired) electrons. The van der Waals surface area contributed by atoms with Gasteiger partial charge in [-0.2, -0.15) is 0 Å². The van der Waals surface area contributed by atoms with Gasteiger partial charge in [-0.05, 0) is 31.9 Å². The molecular weight excluding hydrogens is 252 g/mol. The molecule has 1 rings (SSSR count). The van der Waals surface area contributed by atoms with Crippen molar-refractivity contribution < 1.29 is 27.6 Å². The van der Waals surface area contributed by atoms with Crippen LogP contribution >= 0.6 is 0 Å². The van der Waals surface area contributed by atoms with Gasteiger partial charge in [-0.1, -0.05) is 18.2 Å². The Labute approximate surface area is 114 Å². The van der Waals surface area contributed by atoms with Gasteiger partial charge in [0.1, 0.15) is 6.54 Å². The zero-order chi connectivity index (χ0) is 12.8. The fourth-order valence-corrected chi connectivity index (χ4v) is 1.66. The number of quaternary nitrogens is 1. The van der Waals surface area contributed by atoms with E-state index in [1.807, 2.05) is 32.0 Å². The average Bonchev–Trinajstić information content (AvgIpc) is 2.23. The van der Waals surface area contributed by atoms with E-state index in [1.165, 1.54) is 0 Å². The maximum atomic E-state index is 11.7. The molecule has 0 aliphatic rings. The van der Waals surface area contributed by atoms with Crippen molar-refractivity contribution >= 4 is 11.6 Å². The van der Waals surface area contributed by atoms with Crippen LogP contribution in [0, 0.1) is 13.8 Å². The molecule has 1 amide bonds. The lowest BCUT2D eigenvalue weighted by Crippen LogP contribution is -3.00. The summed E-state index contributed by atoms with van der Waals surface area (Å²) in [5, 5.41) is 13.8. The Morgan fingerprint density at radius 3 is 2.44 bits per heavy atom. The standard InChI is InChI=1S/C13H20N2O2.ClH/c1-9-5-4-6-10(2)13(9)15-12(17)8-14-7-11(3)16;/h4-6,11,14,16H,7-8H2,1-3H3,(H,15,17);1H. The second-order valence-electron chi connectivity index (χ2n) is 4.39. The molecule has 4 N–H and O–H groups in total. The number of aliphatic hydroxyl groups is 1. The number of benzene rings is 1. The van der Waals surface area contributed by atoms with Gasteiger partial charge in [0.2, 0.25) is 0 Å². The van der Waals surface area contributed by atoms with Crippen molar-refractivity contribution in [2.75, 3.05) is 18.4 Å². The molecule has 0 fully saturated rings. The SMILES string of the molecule is Cc1cccc(C)c1NC(=O)C[NH2+]CC(C)O.[Cl-]. The van der Waals surface area contributed by atoms with E-state index in [-0.39, 0.29) is 24.4 Å². The number of nitrogens with one attached hydrogen (secondary N) is 1. The molecule has 0 saturated carbocycles. The van der Waals surface area contributed by atoms with Crippen molar-refractivity contribution in [3.8, 4) is 0 Å². The van der Waals surface area contributed by atoms with Gasteiger partial charge >= 0.3 is 0 Å². The Kier molecular flexibility index (Phi) is 7.59. The number of aliphatic hydroxyl groups excluding tert-OH is 1. The number of para-hydroxylation sites is 1. The minimum absolute atomic E-state index is 0. The molecule has 0 bridgehead atoms. The molecule has 102 valence electrons. The van der Waals surface area contributed by atoms with Gasteiger partial charge in [0.25, 0.3) is 5.91 Å². The number of aryl methyl sites for hydroxylation is 2. The monoisotopic (exact) mass is 272 g/mol. The Bertz CT molecular complexity index is 374. The maximum absolute atomic E-state index is 11.7. The number of halogens is 1. The molecule has 1 atom stereocenters. The van der Waals surface area contributed by atoms with Crippen molar-refractivity contribution in [3.05, 3.63) is 29.3 Å². The second-order valence-corrected chi connectivity index (χ2v) is 4.39. The van der Waals surface area contributed by atoms with Gasteiger partial charge in [0.05, 0.1) is 6.10 Å². The van der Waals surface area contributed by atoms with E-state index in [4.69, 9.17) is 5.11 Å². The zero-order valence-electron chi connectivity index (χ0n) is 11.0. The maximum Gasteiger partial charge on any atom is 0.279 e. The highest BCUT2D eigenvalue weighted by Gasteiger charge is 2.09. The second kappa shape index (κ2) is 8.08. The molecule has 5 heteroatoms. The van der Waals surface area contributed by atoms with Crippen LogP contribution in [0.25, 0.3) is 0 Å². The normalized spacial score (nSPS) is 11.6. The van der Waals surface area contributed by atoms with Crippen LogP contribution in [0.2, 0.25) is 0 Å². The zero-order valence-corrected chi connectivity index (χ0v) is 11.8. The summed E-state index contributed by atoms with van der Waals surface area (Å²) in [7, 11) is 0. The van der Waals surface area contributed by atoms with Crippen LogP contribution in [-0.4, -0.2) is 30.2 Å². The van der Waals surface area contributed by atoms with Crippen LogP contribution in [0.15, 0.2) is 18.2 Å². The average molecular weight is 273 g/mol. The quantitative estimate of drug-likeness (QED) is 0.542. The molecule has 1 aromatic rings. The lowest BCUT2D eigenvalue weighted by molar-refractivity contribution is -0.649. The summed E-state index contributed by atoms with van der Waals surface area (Å²) in [5.74, 6) is -0.0388. The van der Waals surface area contributed by atoms with Crippen molar-refractivity contribution in [1.82, 2.24) is 0 Å². The largest absolute Gasteiger partial charge is 1.00 e. The lowest BCUT2D eigenvalue weighted by atomic mass is 10.1. The molecule has 0 saturated heterocycles. The number of carbonyl (C=O) groups is 1. The molecular formula is C13H21ClN2O2. The van der Waals surface area contributed by atoms with Gasteiger partial charge in [0.15, 0.2) is 6.54 Å². The minimum Gasteiger partial charge on any atom is -1.00 e. The van der Waals surface area contributed by atoms with Crippen LogP contribution in [0.3, 0.4) is 0 Å². The molecule has 0 aromatic heterocycles. The first-order chi connectivity index (χ1) is 8.00. The summed E-state index contributed by atoms with van der Waals surface area (Å²) in [6.07, 6.45) is -0.386. The third-order valence-corrected chi connectivity index (χ3v) is 2.58. The van der Waals surface area contributed by atoms with Gasteiger partial charge in [-0.15, -0.1) is 0 Å². The molecule has 0 spiro atoms. The van der Waals surface area contributed by atoms with E-state index in [1.54, 1.807) is 12.2 Å². The Hall–Kier alpha value is -1.10. The minimum atomic E-state index is -0.386. The van der Waals surface area contributed by atoms with Gasteiger partial charge in [-0.3, -0.25) is 4.79 Å². The predicted octanol–water partition coefficient (Wildman–Crippen LogP) is -2.81. The summed E-state index contributed by atoms with van der Waals surface area (Å²) in [6.45, 7) is 6.53. The number of hydrogen-bond acceptors (Lipinski definition) is 2. The highest BCUT2D eigenvalue weighted by Crippen LogP contribution is 2.18. The summed E-state index contributed by atoms with van der Waals surface area (Å²) >= 11 is 0. The smallest absolute Gasteiger partial charge is 0.279 e. The predicted molar refractivity (Wildman–Crippen MR) is 67.9 cm³/mol. The van der Waals surface area contributed by atoms with Crippen molar-refractivity contribution in [3.63, 3.8) is 0 Å². The summed E-state index contributed by atoms with van der Waals surface area (Å²) in [4.78, 5) is 11.7. The van der Waals surface area contributed by atoms with E-state index in [9.17, 15) is 4.79 Å². The van der Waals surface area contributed by atoms with E-state index in [2.05, 4.69) is 5.32 Å². The first-order valence-electron chi connectivity index (χ1n) is 5.86. The summed E-state index contributed by atoms with van der Waals surface area (Å²) < 4.78 is 0. The number of carbonyl (C=O) groups excluding carboxylic acids is 1. The van der Waals surface area contributed by atoms with E-state index in [0.717, 1.165) is 16.8 Å². The van der Waals surface area contributed by atoms with Crippen molar-refractivity contribution in [2.45, 2.75) is 26.9 Å². The van der Waals surface area contributed by atoms with E-state index >= 15 is 0 Å². The molecule has 0 heterocycles. The number of rotatable bonds is 5. The number of anilines is 1. The topological polar surface area (TPSA) is 65.9 Å². The van der Waals surface area contributed by atoms with E-state index < -0.39 is 0 Å². The fourth-order valence-electron chi connectivity index (χ4n) is 1.66. The Morgan fingerprint density at radius 1 is 1.39 bits per heavy atom. The summed E-state index contributed by atoms with van der Waals surface area (Å²) in [5.41, 5.74) is 3.02. The number of hydrogen-bond donors (Lipinski definition) is 3. The van der Waals surface area contributed by atoms with Crippen LogP contribution < -0.4 is 23.0 Å². The van der Waals surface area contributed by atoms with E-state index in [0.29, 0.717) is 13.1 Å². The lowest BCUT2D eigenvalue weighted by Gasteiger charge is -2.11. The Morgan fingerprint density at radius 2 is 1.94 bits per heavy atom. The van der Waals surface area contributed by atoms with Crippen LogP contribution in [0.5, 0.6) is 0 Å². The highest BCUT2D eigenvalue weighted by molar-refractivity contribution is 5.92. The van der Waals surface area contributed by atoms with Gasteiger partial charge in [-0.25, -0.2) is 0 Å². The third-order valence-electron chi connectivity index (χ3n) is 2.58. The first kappa shape index (κ1) is 16.9. The fraction of sp³-hybridized carbons (Fsp3) is 0.462. The van der Waals surface area contributed by atoms with Crippen LogP contribution in [0.1, 0.15) is 18.1 Å².